The third kappa shape index (κ3) is 3.95. The van der Waals surface area contributed by atoms with Gasteiger partial charge in [-0.2, -0.15) is 0 Å². The smallest absolute Gasteiger partial charge is 0.306 e. The van der Waals surface area contributed by atoms with Crippen molar-refractivity contribution in [2.75, 3.05) is 0 Å². The molecule has 0 bridgehead atoms. The van der Waals surface area contributed by atoms with Crippen LogP contribution >= 0.6 is 0 Å². The highest BCUT2D eigenvalue weighted by molar-refractivity contribution is 5.68. The van der Waals surface area contributed by atoms with E-state index in [1.807, 2.05) is 31.2 Å². The Balaban J connectivity index is 2.65. The number of carboxylic acids is 1. The molecule has 1 rings (SSSR count). The molecule has 1 aromatic rings. The minimum absolute atomic E-state index is 0.262. The molecule has 15 heavy (non-hydrogen) atoms. The monoisotopic (exact) mass is 206 g/mol. The quantitative estimate of drug-likeness (QED) is 0.790. The lowest BCUT2D eigenvalue weighted by Crippen LogP contribution is -2.09. The Morgan fingerprint density at radius 2 is 2.13 bits per heavy atom. The topological polar surface area (TPSA) is 57.5 Å². The molecule has 0 aliphatic rings. The van der Waals surface area contributed by atoms with Crippen molar-refractivity contribution < 1.29 is 15.0 Å². The summed E-state index contributed by atoms with van der Waals surface area (Å²) in [5.74, 6) is -1.00. The van der Waals surface area contributed by atoms with E-state index in [1.165, 1.54) is 6.08 Å². The van der Waals surface area contributed by atoms with E-state index < -0.39 is 12.1 Å². The lowest BCUT2D eigenvalue weighted by molar-refractivity contribution is -0.138. The van der Waals surface area contributed by atoms with Crippen LogP contribution in [-0.2, 0) is 4.79 Å². The van der Waals surface area contributed by atoms with Gasteiger partial charge in [0.15, 0.2) is 0 Å². The van der Waals surface area contributed by atoms with Crippen molar-refractivity contribution in [1.29, 1.82) is 0 Å². The molecule has 0 amide bonds. The summed E-state index contributed by atoms with van der Waals surface area (Å²) in [4.78, 5) is 10.3. The molecule has 1 unspecified atom stereocenters. The zero-order chi connectivity index (χ0) is 11.3. The molecule has 0 saturated carbocycles. The van der Waals surface area contributed by atoms with Crippen LogP contribution in [0.4, 0.5) is 0 Å². The van der Waals surface area contributed by atoms with E-state index in [0.29, 0.717) is 0 Å². The van der Waals surface area contributed by atoms with Crippen molar-refractivity contribution in [3.05, 3.63) is 41.5 Å². The second-order valence-corrected chi connectivity index (χ2v) is 3.38. The second-order valence-electron chi connectivity index (χ2n) is 3.38. The van der Waals surface area contributed by atoms with E-state index in [4.69, 9.17) is 5.11 Å². The van der Waals surface area contributed by atoms with Crippen molar-refractivity contribution in [3.63, 3.8) is 0 Å². The van der Waals surface area contributed by atoms with Gasteiger partial charge in [-0.1, -0.05) is 36.4 Å². The number of rotatable bonds is 4. The Labute approximate surface area is 88.7 Å². The minimum Gasteiger partial charge on any atom is -0.481 e. The van der Waals surface area contributed by atoms with Crippen LogP contribution in [0, 0.1) is 6.92 Å². The summed E-state index contributed by atoms with van der Waals surface area (Å²) in [6, 6.07) is 7.71. The van der Waals surface area contributed by atoms with Crippen molar-refractivity contribution in [3.8, 4) is 0 Å². The van der Waals surface area contributed by atoms with E-state index in [1.54, 1.807) is 6.08 Å². The van der Waals surface area contributed by atoms with Gasteiger partial charge in [-0.05, 0) is 18.1 Å². The van der Waals surface area contributed by atoms with Gasteiger partial charge in [-0.25, -0.2) is 0 Å². The molecule has 0 heterocycles. The minimum atomic E-state index is -1.00. The number of carbonyl (C=O) groups is 1. The largest absolute Gasteiger partial charge is 0.481 e. The molecular weight excluding hydrogens is 192 g/mol. The fourth-order valence-corrected chi connectivity index (χ4v) is 1.24. The van der Waals surface area contributed by atoms with Crippen LogP contribution in [-0.4, -0.2) is 22.3 Å². The van der Waals surface area contributed by atoms with Crippen LogP contribution in [0.25, 0.3) is 6.08 Å². The first kappa shape index (κ1) is 11.5. The maximum Gasteiger partial charge on any atom is 0.306 e. The van der Waals surface area contributed by atoms with Gasteiger partial charge < -0.3 is 10.2 Å². The van der Waals surface area contributed by atoms with E-state index in [0.717, 1.165) is 11.1 Å². The predicted octanol–water partition coefficient (Wildman–Crippen LogP) is 1.84. The molecule has 1 aromatic carbocycles. The van der Waals surface area contributed by atoms with Crippen LogP contribution in [0.1, 0.15) is 17.5 Å². The van der Waals surface area contributed by atoms with Gasteiger partial charge in [0.25, 0.3) is 0 Å². The van der Waals surface area contributed by atoms with Crippen LogP contribution in [0.3, 0.4) is 0 Å². The summed E-state index contributed by atoms with van der Waals surface area (Å²) >= 11 is 0. The molecular formula is C12H14O3. The molecule has 80 valence electrons. The summed E-state index contributed by atoms with van der Waals surface area (Å²) in [6.07, 6.45) is 2.05. The number of carboxylic acid groups (broad SMARTS) is 1. The van der Waals surface area contributed by atoms with E-state index in [9.17, 15) is 9.90 Å². The second kappa shape index (κ2) is 5.32. The third-order valence-electron chi connectivity index (χ3n) is 2.07. The number of hydrogen-bond acceptors (Lipinski definition) is 2. The average Bonchev–Trinajstić information content (AvgIpc) is 2.15. The standard InChI is InChI=1S/C12H14O3/c1-9-4-2-3-5-10(9)6-7-11(13)8-12(14)15/h2-7,11,13H,8H2,1H3,(H,14,15)/b7-6+. The zero-order valence-corrected chi connectivity index (χ0v) is 8.55. The van der Waals surface area contributed by atoms with Crippen LogP contribution in [0.15, 0.2) is 30.3 Å². The molecule has 3 heteroatoms. The van der Waals surface area contributed by atoms with Crippen molar-refractivity contribution in [2.24, 2.45) is 0 Å². The number of hydrogen-bond donors (Lipinski definition) is 2. The molecule has 3 nitrogen and oxygen atoms in total. The Morgan fingerprint density at radius 1 is 1.47 bits per heavy atom. The lowest BCUT2D eigenvalue weighted by Gasteiger charge is -2.02. The molecule has 0 saturated heterocycles. The fourth-order valence-electron chi connectivity index (χ4n) is 1.24. The third-order valence-corrected chi connectivity index (χ3v) is 2.07. The number of aryl methyl sites for hydroxylation is 1. The molecule has 0 radical (unpaired) electrons. The highest BCUT2D eigenvalue weighted by atomic mass is 16.4. The Morgan fingerprint density at radius 3 is 2.73 bits per heavy atom. The first-order chi connectivity index (χ1) is 7.09. The predicted molar refractivity (Wildman–Crippen MR) is 58.5 cm³/mol. The molecule has 0 aliphatic heterocycles. The average molecular weight is 206 g/mol. The lowest BCUT2D eigenvalue weighted by atomic mass is 10.1. The zero-order valence-electron chi connectivity index (χ0n) is 8.55. The summed E-state index contributed by atoms with van der Waals surface area (Å²) in [6.45, 7) is 1.96. The van der Waals surface area contributed by atoms with Gasteiger partial charge in [-0.3, -0.25) is 4.79 Å². The summed E-state index contributed by atoms with van der Waals surface area (Å²) < 4.78 is 0. The van der Waals surface area contributed by atoms with Crippen molar-refractivity contribution in [1.82, 2.24) is 0 Å². The normalized spacial score (nSPS) is 12.9. The molecule has 0 aromatic heterocycles. The first-order valence-electron chi connectivity index (χ1n) is 4.73. The van der Waals surface area contributed by atoms with Gasteiger partial charge in [0.2, 0.25) is 0 Å². The molecule has 0 fully saturated rings. The van der Waals surface area contributed by atoms with Crippen LogP contribution in [0.2, 0.25) is 0 Å². The Hall–Kier alpha value is -1.61. The fraction of sp³-hybridized carbons (Fsp3) is 0.250. The maximum atomic E-state index is 10.3. The van der Waals surface area contributed by atoms with Gasteiger partial charge in [0.1, 0.15) is 0 Å². The van der Waals surface area contributed by atoms with Gasteiger partial charge in [-0.15, -0.1) is 0 Å². The SMILES string of the molecule is Cc1ccccc1/C=C/C(O)CC(=O)O. The van der Waals surface area contributed by atoms with E-state index >= 15 is 0 Å². The van der Waals surface area contributed by atoms with Crippen molar-refractivity contribution in [2.45, 2.75) is 19.4 Å². The van der Waals surface area contributed by atoms with Crippen molar-refractivity contribution >= 4 is 12.0 Å². The molecule has 2 N–H and O–H groups in total. The van der Waals surface area contributed by atoms with E-state index in [2.05, 4.69) is 0 Å². The Bertz CT molecular complexity index is 369. The summed E-state index contributed by atoms with van der Waals surface area (Å²) in [7, 11) is 0. The highest BCUT2D eigenvalue weighted by Gasteiger charge is 2.04. The first-order valence-corrected chi connectivity index (χ1v) is 4.73. The van der Waals surface area contributed by atoms with Crippen LogP contribution in [0.5, 0.6) is 0 Å². The van der Waals surface area contributed by atoms with Crippen LogP contribution < -0.4 is 0 Å². The Kier molecular flexibility index (Phi) is 4.06. The van der Waals surface area contributed by atoms with Gasteiger partial charge in [0, 0.05) is 0 Å². The van der Waals surface area contributed by atoms with Gasteiger partial charge >= 0.3 is 5.97 Å². The van der Waals surface area contributed by atoms with Gasteiger partial charge in [0.05, 0.1) is 12.5 Å². The summed E-state index contributed by atoms with van der Waals surface area (Å²) in [5.41, 5.74) is 2.08. The number of aliphatic carboxylic acids is 1. The number of aliphatic hydroxyl groups excluding tert-OH is 1. The molecule has 0 spiro atoms. The molecule has 1 atom stereocenters. The van der Waals surface area contributed by atoms with E-state index in [-0.39, 0.29) is 6.42 Å². The number of aliphatic hydroxyl groups is 1. The highest BCUT2D eigenvalue weighted by Crippen LogP contribution is 2.09. The molecule has 0 aliphatic carbocycles. The number of benzene rings is 1. The summed E-state index contributed by atoms with van der Waals surface area (Å²) in [5, 5.41) is 17.7. The maximum absolute atomic E-state index is 10.3.